The van der Waals surface area contributed by atoms with Gasteiger partial charge in [-0.25, -0.2) is 4.79 Å². The quantitative estimate of drug-likeness (QED) is 0.334. The first-order valence-corrected chi connectivity index (χ1v) is 4.16. The van der Waals surface area contributed by atoms with Crippen molar-refractivity contribution in [1.82, 2.24) is 0 Å². The van der Waals surface area contributed by atoms with E-state index in [0.717, 1.165) is 6.07 Å². The monoisotopic (exact) mass is 215 g/mol. The standard InChI is InChI=1S/C8H6ClNO4/c9-5-14-8(11)6-2-1-3-7(4-6)10(12)13/h1-4H,5H2. The lowest BCUT2D eigenvalue weighted by Crippen LogP contribution is -2.03. The number of carbonyl (C=O) groups excluding carboxylic acids is 1. The Morgan fingerprint density at radius 1 is 1.57 bits per heavy atom. The van der Waals surface area contributed by atoms with Gasteiger partial charge in [-0.15, -0.1) is 0 Å². The topological polar surface area (TPSA) is 69.4 Å². The highest BCUT2D eigenvalue weighted by molar-refractivity contribution is 6.17. The van der Waals surface area contributed by atoms with Crippen LogP contribution in [-0.2, 0) is 4.74 Å². The average molecular weight is 216 g/mol. The van der Waals surface area contributed by atoms with E-state index in [-0.39, 0.29) is 17.3 Å². The predicted octanol–water partition coefficient (Wildman–Crippen LogP) is 1.95. The maximum Gasteiger partial charge on any atom is 0.339 e. The number of nitro groups is 1. The van der Waals surface area contributed by atoms with Gasteiger partial charge in [0.2, 0.25) is 0 Å². The third-order valence-electron chi connectivity index (χ3n) is 1.48. The third-order valence-corrected chi connectivity index (χ3v) is 1.59. The van der Waals surface area contributed by atoms with Crippen LogP contribution in [0.5, 0.6) is 0 Å². The lowest BCUT2D eigenvalue weighted by atomic mass is 10.2. The fourth-order valence-corrected chi connectivity index (χ4v) is 0.978. The summed E-state index contributed by atoms with van der Waals surface area (Å²) in [6.07, 6.45) is 0. The Kier molecular flexibility index (Phi) is 3.41. The molecule has 0 aromatic heterocycles. The van der Waals surface area contributed by atoms with Crippen LogP contribution in [0.2, 0.25) is 0 Å². The Morgan fingerprint density at radius 2 is 2.29 bits per heavy atom. The van der Waals surface area contributed by atoms with Crippen molar-refractivity contribution in [2.75, 3.05) is 6.07 Å². The van der Waals surface area contributed by atoms with Gasteiger partial charge in [-0.3, -0.25) is 10.1 Å². The van der Waals surface area contributed by atoms with E-state index in [1.807, 2.05) is 0 Å². The fourth-order valence-electron chi connectivity index (χ4n) is 0.879. The summed E-state index contributed by atoms with van der Waals surface area (Å²) in [6.45, 7) is 0. The van der Waals surface area contributed by atoms with Gasteiger partial charge in [0.25, 0.3) is 5.69 Å². The number of ether oxygens (including phenoxy) is 1. The van der Waals surface area contributed by atoms with E-state index < -0.39 is 10.9 Å². The largest absolute Gasteiger partial charge is 0.446 e. The van der Waals surface area contributed by atoms with Crippen LogP contribution in [0, 0.1) is 10.1 Å². The minimum atomic E-state index is -0.677. The van der Waals surface area contributed by atoms with Gasteiger partial charge in [0.05, 0.1) is 10.5 Å². The molecule has 0 atom stereocenters. The van der Waals surface area contributed by atoms with Crippen LogP contribution in [0.4, 0.5) is 5.69 Å². The number of hydrogen-bond acceptors (Lipinski definition) is 4. The molecule has 14 heavy (non-hydrogen) atoms. The number of esters is 1. The molecule has 0 aliphatic carbocycles. The van der Waals surface area contributed by atoms with E-state index >= 15 is 0 Å². The highest BCUT2D eigenvalue weighted by Crippen LogP contribution is 2.13. The molecule has 0 spiro atoms. The smallest absolute Gasteiger partial charge is 0.339 e. The normalized spacial score (nSPS) is 9.50. The maximum atomic E-state index is 11.1. The second-order valence-electron chi connectivity index (χ2n) is 2.35. The molecule has 0 heterocycles. The molecule has 0 bridgehead atoms. The van der Waals surface area contributed by atoms with Crippen LogP contribution >= 0.6 is 11.6 Å². The number of rotatable bonds is 3. The molecule has 0 saturated heterocycles. The molecule has 0 amide bonds. The molecule has 0 radical (unpaired) electrons. The van der Waals surface area contributed by atoms with Gasteiger partial charge >= 0.3 is 5.97 Å². The molecule has 0 saturated carbocycles. The van der Waals surface area contributed by atoms with Crippen molar-refractivity contribution in [2.24, 2.45) is 0 Å². The molecule has 74 valence electrons. The Labute approximate surface area is 84.4 Å². The summed E-state index contributed by atoms with van der Waals surface area (Å²) < 4.78 is 4.47. The van der Waals surface area contributed by atoms with Gasteiger partial charge in [0, 0.05) is 12.1 Å². The molecule has 0 aliphatic rings. The number of benzene rings is 1. The molecule has 6 heteroatoms. The SMILES string of the molecule is O=C(OCCl)c1cccc([N+](=O)[O-])c1. The summed E-state index contributed by atoms with van der Waals surface area (Å²) in [5, 5.41) is 10.4. The van der Waals surface area contributed by atoms with Gasteiger partial charge < -0.3 is 4.74 Å². The van der Waals surface area contributed by atoms with Crippen LogP contribution in [0.25, 0.3) is 0 Å². The molecule has 1 rings (SSSR count). The van der Waals surface area contributed by atoms with Crippen LogP contribution < -0.4 is 0 Å². The fraction of sp³-hybridized carbons (Fsp3) is 0.125. The number of halogens is 1. The van der Waals surface area contributed by atoms with Gasteiger partial charge in [-0.1, -0.05) is 17.7 Å². The van der Waals surface area contributed by atoms with Crippen molar-refractivity contribution in [1.29, 1.82) is 0 Å². The van der Waals surface area contributed by atoms with Gasteiger partial charge in [0.15, 0.2) is 6.07 Å². The summed E-state index contributed by atoms with van der Waals surface area (Å²) in [5.41, 5.74) is -0.0473. The van der Waals surface area contributed by atoms with E-state index in [0.29, 0.717) is 0 Å². The van der Waals surface area contributed by atoms with E-state index in [9.17, 15) is 14.9 Å². The summed E-state index contributed by atoms with van der Waals surface area (Å²) in [4.78, 5) is 20.9. The summed E-state index contributed by atoms with van der Waals surface area (Å²) >= 11 is 5.17. The predicted molar refractivity (Wildman–Crippen MR) is 49.2 cm³/mol. The first-order valence-electron chi connectivity index (χ1n) is 3.62. The van der Waals surface area contributed by atoms with Crippen LogP contribution in [0.15, 0.2) is 24.3 Å². The van der Waals surface area contributed by atoms with E-state index in [4.69, 9.17) is 11.6 Å². The van der Waals surface area contributed by atoms with Crippen LogP contribution in [0.1, 0.15) is 10.4 Å². The maximum absolute atomic E-state index is 11.1. The van der Waals surface area contributed by atoms with Gasteiger partial charge in [-0.05, 0) is 6.07 Å². The molecule has 0 fully saturated rings. The van der Waals surface area contributed by atoms with E-state index in [1.54, 1.807) is 0 Å². The zero-order chi connectivity index (χ0) is 10.6. The number of alkyl halides is 1. The minimum Gasteiger partial charge on any atom is -0.446 e. The zero-order valence-corrected chi connectivity index (χ0v) is 7.73. The lowest BCUT2D eigenvalue weighted by molar-refractivity contribution is -0.384. The van der Waals surface area contributed by atoms with Crippen LogP contribution in [-0.4, -0.2) is 17.0 Å². The second-order valence-corrected chi connectivity index (χ2v) is 2.57. The van der Waals surface area contributed by atoms with Crippen molar-refractivity contribution >= 4 is 23.3 Å². The number of hydrogen-bond donors (Lipinski definition) is 0. The Balaban J connectivity index is 2.93. The Bertz CT molecular complexity index is 366. The van der Waals surface area contributed by atoms with Crippen molar-refractivity contribution < 1.29 is 14.5 Å². The molecule has 0 N–H and O–H groups in total. The highest BCUT2D eigenvalue weighted by atomic mass is 35.5. The molecule has 0 aliphatic heterocycles. The molecule has 1 aromatic rings. The molecule has 1 aromatic carbocycles. The van der Waals surface area contributed by atoms with Crippen molar-refractivity contribution in [3.8, 4) is 0 Å². The lowest BCUT2D eigenvalue weighted by Gasteiger charge is -1.99. The van der Waals surface area contributed by atoms with Gasteiger partial charge in [0.1, 0.15) is 0 Å². The van der Waals surface area contributed by atoms with Crippen molar-refractivity contribution in [3.05, 3.63) is 39.9 Å². The minimum absolute atomic E-state index is 0.111. The van der Waals surface area contributed by atoms with E-state index in [1.165, 1.54) is 18.2 Å². The average Bonchev–Trinajstić information content (AvgIpc) is 2.18. The Hall–Kier alpha value is -1.62. The number of non-ortho nitro benzene ring substituents is 1. The van der Waals surface area contributed by atoms with Crippen molar-refractivity contribution in [2.45, 2.75) is 0 Å². The highest BCUT2D eigenvalue weighted by Gasteiger charge is 2.11. The molecule has 0 unspecified atom stereocenters. The van der Waals surface area contributed by atoms with Crippen LogP contribution in [0.3, 0.4) is 0 Å². The first kappa shape index (κ1) is 10.5. The second kappa shape index (κ2) is 4.57. The molecular formula is C8H6ClNO4. The molecular weight excluding hydrogens is 210 g/mol. The third kappa shape index (κ3) is 2.43. The Morgan fingerprint density at radius 3 is 2.86 bits per heavy atom. The van der Waals surface area contributed by atoms with Crippen molar-refractivity contribution in [3.63, 3.8) is 0 Å². The first-order chi connectivity index (χ1) is 6.65. The van der Waals surface area contributed by atoms with Gasteiger partial charge in [-0.2, -0.15) is 0 Å². The van der Waals surface area contributed by atoms with E-state index in [2.05, 4.69) is 4.74 Å². The summed E-state index contributed by atoms with van der Waals surface area (Å²) in [6, 6.07) is 4.97. The number of nitro benzene ring substituents is 1. The number of nitrogens with zero attached hydrogens (tertiary/aromatic N) is 1. The summed E-state index contributed by atoms with van der Waals surface area (Å²) in [5.74, 6) is -0.677. The number of carbonyl (C=O) groups is 1. The summed E-state index contributed by atoms with van der Waals surface area (Å²) in [7, 11) is 0. The zero-order valence-electron chi connectivity index (χ0n) is 6.97. The molecule has 5 nitrogen and oxygen atoms in total.